The lowest BCUT2D eigenvalue weighted by Crippen LogP contribution is -2.15. The van der Waals surface area contributed by atoms with Crippen LogP contribution in [-0.2, 0) is 10.8 Å². The molecular formula is C60H45NO. The van der Waals surface area contributed by atoms with Crippen LogP contribution in [0.5, 0.6) is 0 Å². The fourth-order valence-corrected chi connectivity index (χ4v) is 10.8. The van der Waals surface area contributed by atoms with Crippen LogP contribution in [0.3, 0.4) is 0 Å². The van der Waals surface area contributed by atoms with Crippen molar-refractivity contribution in [3.8, 4) is 55.6 Å². The van der Waals surface area contributed by atoms with E-state index < -0.39 is 0 Å². The van der Waals surface area contributed by atoms with E-state index >= 15 is 0 Å². The van der Waals surface area contributed by atoms with Crippen LogP contribution in [-0.4, -0.2) is 0 Å². The molecule has 0 atom stereocenters. The largest absolute Gasteiger partial charge is 0.456 e. The third kappa shape index (κ3) is 5.36. The smallest absolute Gasteiger partial charge is 0.136 e. The molecule has 0 radical (unpaired) electrons. The molecule has 12 rings (SSSR count). The molecule has 0 unspecified atom stereocenters. The lowest BCUT2D eigenvalue weighted by molar-refractivity contribution is 0.660. The highest BCUT2D eigenvalue weighted by Crippen LogP contribution is 2.55. The third-order valence-electron chi connectivity index (χ3n) is 13.9. The SMILES string of the molecule is CC1(C)c2ccccc2-c2ccc(-c3ccccc3N(c3cccc(-c4ccc5c(c4)oc4ccccc45)c3)c3ccccc3-c3cccc4c3-c3ccccc3C4(C)C)cc21. The van der Waals surface area contributed by atoms with Gasteiger partial charge in [0.1, 0.15) is 11.2 Å². The summed E-state index contributed by atoms with van der Waals surface area (Å²) in [6, 6.07) is 73.7. The Morgan fingerprint density at radius 1 is 0.339 bits per heavy atom. The van der Waals surface area contributed by atoms with Crippen LogP contribution >= 0.6 is 0 Å². The zero-order chi connectivity index (χ0) is 41.7. The van der Waals surface area contributed by atoms with Crippen molar-refractivity contribution >= 4 is 39.0 Å². The Bertz CT molecular complexity index is 3430. The Morgan fingerprint density at radius 2 is 0.887 bits per heavy atom. The molecule has 62 heavy (non-hydrogen) atoms. The van der Waals surface area contributed by atoms with Crippen LogP contribution in [0.4, 0.5) is 17.1 Å². The lowest BCUT2D eigenvalue weighted by Gasteiger charge is -2.31. The van der Waals surface area contributed by atoms with Gasteiger partial charge in [-0.2, -0.15) is 0 Å². The number of nitrogens with zero attached hydrogens (tertiary/aromatic N) is 1. The highest BCUT2D eigenvalue weighted by molar-refractivity contribution is 6.06. The van der Waals surface area contributed by atoms with E-state index in [1.54, 1.807) is 0 Å². The minimum Gasteiger partial charge on any atom is -0.456 e. The Balaban J connectivity index is 1.08. The number of fused-ring (bicyclic) bond motifs is 9. The number of anilines is 3. The molecule has 296 valence electrons. The molecule has 0 saturated carbocycles. The van der Waals surface area contributed by atoms with Crippen molar-refractivity contribution in [1.29, 1.82) is 0 Å². The molecule has 1 aromatic heterocycles. The van der Waals surface area contributed by atoms with Gasteiger partial charge in [0.15, 0.2) is 0 Å². The zero-order valence-corrected chi connectivity index (χ0v) is 35.4. The summed E-state index contributed by atoms with van der Waals surface area (Å²) >= 11 is 0. The van der Waals surface area contributed by atoms with Crippen LogP contribution in [0, 0.1) is 0 Å². The maximum atomic E-state index is 6.39. The molecule has 2 heteroatoms. The molecule has 2 aliphatic carbocycles. The fraction of sp³-hybridized carbons (Fsp3) is 0.100. The summed E-state index contributed by atoms with van der Waals surface area (Å²) < 4.78 is 6.39. The third-order valence-corrected chi connectivity index (χ3v) is 13.9. The molecule has 2 nitrogen and oxygen atoms in total. The average Bonchev–Trinajstić information content (AvgIpc) is 3.89. The van der Waals surface area contributed by atoms with E-state index in [2.05, 4.69) is 221 Å². The van der Waals surface area contributed by atoms with E-state index in [0.29, 0.717) is 0 Å². The van der Waals surface area contributed by atoms with Gasteiger partial charge in [-0.25, -0.2) is 0 Å². The number of para-hydroxylation sites is 3. The first-order chi connectivity index (χ1) is 30.3. The zero-order valence-electron chi connectivity index (χ0n) is 35.4. The highest BCUT2D eigenvalue weighted by atomic mass is 16.3. The summed E-state index contributed by atoms with van der Waals surface area (Å²) in [5.41, 5.74) is 22.7. The second-order valence-electron chi connectivity index (χ2n) is 18.1. The van der Waals surface area contributed by atoms with E-state index in [4.69, 9.17) is 4.42 Å². The molecular weight excluding hydrogens is 751 g/mol. The van der Waals surface area contributed by atoms with E-state index in [-0.39, 0.29) is 10.8 Å². The van der Waals surface area contributed by atoms with Crippen molar-refractivity contribution < 1.29 is 4.42 Å². The van der Waals surface area contributed by atoms with Crippen LogP contribution in [0.25, 0.3) is 77.6 Å². The normalized spacial score (nSPS) is 14.1. The van der Waals surface area contributed by atoms with Gasteiger partial charge in [0.05, 0.1) is 11.4 Å². The van der Waals surface area contributed by atoms with Crippen LogP contribution in [0.2, 0.25) is 0 Å². The molecule has 0 amide bonds. The molecule has 0 saturated heterocycles. The Hall–Kier alpha value is -7.42. The molecule has 9 aromatic carbocycles. The minimum absolute atomic E-state index is 0.112. The summed E-state index contributed by atoms with van der Waals surface area (Å²) in [4.78, 5) is 2.49. The van der Waals surface area contributed by atoms with Crippen molar-refractivity contribution in [2.24, 2.45) is 0 Å². The molecule has 10 aromatic rings. The highest BCUT2D eigenvalue weighted by Gasteiger charge is 2.38. The van der Waals surface area contributed by atoms with Gasteiger partial charge in [0, 0.05) is 38.4 Å². The lowest BCUT2D eigenvalue weighted by atomic mass is 9.81. The summed E-state index contributed by atoms with van der Waals surface area (Å²) in [6.07, 6.45) is 0. The second kappa shape index (κ2) is 13.5. The van der Waals surface area contributed by atoms with Crippen molar-refractivity contribution in [2.45, 2.75) is 38.5 Å². The number of hydrogen-bond acceptors (Lipinski definition) is 2. The number of hydrogen-bond donors (Lipinski definition) is 0. The summed E-state index contributed by atoms with van der Waals surface area (Å²) in [6.45, 7) is 9.45. The van der Waals surface area contributed by atoms with Crippen molar-refractivity contribution in [3.63, 3.8) is 0 Å². The molecule has 0 spiro atoms. The van der Waals surface area contributed by atoms with Gasteiger partial charge in [-0.05, 0) is 115 Å². The Labute approximate surface area is 363 Å². The van der Waals surface area contributed by atoms with Crippen molar-refractivity contribution in [3.05, 3.63) is 222 Å². The number of furan rings is 1. The van der Waals surface area contributed by atoms with Gasteiger partial charge >= 0.3 is 0 Å². The molecule has 0 bridgehead atoms. The van der Waals surface area contributed by atoms with Crippen molar-refractivity contribution in [2.75, 3.05) is 4.90 Å². The average molecular weight is 796 g/mol. The first-order valence-corrected chi connectivity index (χ1v) is 21.8. The first-order valence-electron chi connectivity index (χ1n) is 21.8. The minimum atomic E-state index is -0.115. The molecule has 0 aliphatic heterocycles. The maximum Gasteiger partial charge on any atom is 0.136 e. The quantitative estimate of drug-likeness (QED) is 0.167. The van der Waals surface area contributed by atoms with Gasteiger partial charge in [0.25, 0.3) is 0 Å². The topological polar surface area (TPSA) is 16.4 Å². The summed E-state index contributed by atoms with van der Waals surface area (Å²) in [5.74, 6) is 0. The molecule has 0 fully saturated rings. The fourth-order valence-electron chi connectivity index (χ4n) is 10.8. The standard InChI is InChI=1S/C60H45NO/c1-59(2)51-26-11-6-23-49(51)58-48(24-16-27-52(58)59)45-21-8-13-29-55(45)61(41-18-15-17-38(35-41)39-31-34-47-46-22-9-14-30-56(46)62-57(47)37-39)54-28-12-7-19-42(54)40-32-33-44-43-20-5-10-25-50(43)60(3,4)53(44)36-40/h5-37H,1-4H3. The monoisotopic (exact) mass is 795 g/mol. The first kappa shape index (κ1) is 36.4. The van der Waals surface area contributed by atoms with E-state index in [1.807, 2.05) is 12.1 Å². The number of benzene rings is 9. The van der Waals surface area contributed by atoms with E-state index in [9.17, 15) is 0 Å². The molecule has 2 aliphatic rings. The van der Waals surface area contributed by atoms with Gasteiger partial charge in [0.2, 0.25) is 0 Å². The van der Waals surface area contributed by atoms with E-state index in [1.165, 1.54) is 66.8 Å². The maximum absolute atomic E-state index is 6.39. The predicted molar refractivity (Wildman–Crippen MR) is 260 cm³/mol. The van der Waals surface area contributed by atoms with Gasteiger partial charge in [-0.3, -0.25) is 0 Å². The van der Waals surface area contributed by atoms with Crippen LogP contribution < -0.4 is 4.90 Å². The Kier molecular flexibility index (Phi) is 7.96. The molecule has 0 N–H and O–H groups in total. The second-order valence-corrected chi connectivity index (χ2v) is 18.1. The summed E-state index contributed by atoms with van der Waals surface area (Å²) in [7, 11) is 0. The summed E-state index contributed by atoms with van der Waals surface area (Å²) in [5, 5.41) is 2.27. The number of rotatable bonds is 6. The molecule has 1 heterocycles. The van der Waals surface area contributed by atoms with Gasteiger partial charge < -0.3 is 9.32 Å². The van der Waals surface area contributed by atoms with Gasteiger partial charge in [-0.1, -0.05) is 179 Å². The van der Waals surface area contributed by atoms with Gasteiger partial charge in [-0.15, -0.1) is 0 Å². The van der Waals surface area contributed by atoms with E-state index in [0.717, 1.165) is 50.1 Å². The predicted octanol–water partition coefficient (Wildman–Crippen LogP) is 16.7. The van der Waals surface area contributed by atoms with Crippen LogP contribution in [0.15, 0.2) is 205 Å². The van der Waals surface area contributed by atoms with Crippen LogP contribution in [0.1, 0.15) is 49.9 Å². The van der Waals surface area contributed by atoms with Crippen molar-refractivity contribution in [1.82, 2.24) is 0 Å². The Morgan fingerprint density at radius 3 is 1.71 bits per heavy atom.